The van der Waals surface area contributed by atoms with Gasteiger partial charge in [-0.1, -0.05) is 55.9 Å². The number of thiophene rings is 1. The largest absolute Gasteiger partial charge is 0.416 e. The first kappa shape index (κ1) is 20.2. The molecule has 4 rings (SSSR count). The molecule has 3 heterocycles. The Morgan fingerprint density at radius 3 is 2.93 bits per heavy atom. The normalized spacial score (nSPS) is 17.2. The molecule has 0 spiro atoms. The maximum atomic E-state index is 12.9. The Morgan fingerprint density at radius 2 is 2.14 bits per heavy atom. The van der Waals surface area contributed by atoms with Crippen LogP contribution in [-0.4, -0.2) is 33.3 Å². The molecule has 29 heavy (non-hydrogen) atoms. The van der Waals surface area contributed by atoms with Gasteiger partial charge in [0.15, 0.2) is 0 Å². The number of nitrogens with zero attached hydrogens (tertiary/aromatic N) is 3. The van der Waals surface area contributed by atoms with Crippen molar-refractivity contribution in [1.29, 1.82) is 0 Å². The van der Waals surface area contributed by atoms with Crippen LogP contribution in [0.4, 0.5) is 0 Å². The van der Waals surface area contributed by atoms with Gasteiger partial charge in [-0.25, -0.2) is 0 Å². The van der Waals surface area contributed by atoms with Gasteiger partial charge in [-0.2, -0.15) is 0 Å². The molecule has 0 aliphatic carbocycles. The number of fused-ring (bicyclic) bond motifs is 1. The van der Waals surface area contributed by atoms with E-state index in [9.17, 15) is 4.79 Å². The third kappa shape index (κ3) is 4.56. The fourth-order valence-corrected chi connectivity index (χ4v) is 5.48. The summed E-state index contributed by atoms with van der Waals surface area (Å²) in [7, 11) is 0. The summed E-state index contributed by atoms with van der Waals surface area (Å²) in [6.07, 6.45) is 2.57. The zero-order valence-electron chi connectivity index (χ0n) is 16.7. The lowest BCUT2D eigenvalue weighted by Gasteiger charge is -2.35. The first-order chi connectivity index (χ1) is 14.2. The monoisotopic (exact) mass is 427 g/mol. The van der Waals surface area contributed by atoms with E-state index in [4.69, 9.17) is 4.42 Å². The van der Waals surface area contributed by atoms with Crippen molar-refractivity contribution in [1.82, 2.24) is 15.1 Å². The molecule has 7 heteroatoms. The van der Waals surface area contributed by atoms with Gasteiger partial charge in [0.25, 0.3) is 5.22 Å². The Labute approximate surface area is 179 Å². The first-order valence-electron chi connectivity index (χ1n) is 10.0. The second-order valence-corrected chi connectivity index (χ2v) is 9.25. The molecule has 2 aromatic heterocycles. The summed E-state index contributed by atoms with van der Waals surface area (Å²) < 4.78 is 5.78. The molecule has 152 valence electrons. The van der Waals surface area contributed by atoms with Gasteiger partial charge in [0.1, 0.15) is 0 Å². The van der Waals surface area contributed by atoms with E-state index in [1.165, 1.54) is 27.8 Å². The minimum atomic E-state index is 0.135. The highest BCUT2D eigenvalue weighted by Crippen LogP contribution is 2.35. The number of aromatic nitrogens is 2. The average Bonchev–Trinajstić information content (AvgIpc) is 3.41. The Hall–Kier alpha value is -2.12. The first-order valence-corrected chi connectivity index (χ1v) is 11.9. The number of carbonyl (C=O) groups excluding carboxylic acids is 1. The molecule has 5 nitrogen and oxygen atoms in total. The van der Waals surface area contributed by atoms with Crippen LogP contribution in [0.5, 0.6) is 0 Å². The van der Waals surface area contributed by atoms with Crippen molar-refractivity contribution in [2.24, 2.45) is 0 Å². The second-order valence-electron chi connectivity index (χ2n) is 7.33. The van der Waals surface area contributed by atoms with Crippen molar-refractivity contribution in [3.05, 3.63) is 63.7 Å². The van der Waals surface area contributed by atoms with E-state index in [0.29, 0.717) is 29.2 Å². The van der Waals surface area contributed by atoms with Crippen LogP contribution in [0.25, 0.3) is 0 Å². The number of carbonyl (C=O) groups is 1. The highest BCUT2D eigenvalue weighted by Gasteiger charge is 2.30. The zero-order valence-corrected chi connectivity index (χ0v) is 18.3. The standard InChI is InChI=1S/C22H25N3O2S2/c1-3-18-17-10-12-28-19(17)9-11-25(18)21(26)14-29-22-24-23-20(27-22)13-15(2)16-7-5-4-6-8-16/h4-8,10,12,15,18H,3,9,11,13-14H2,1-2H3. The maximum Gasteiger partial charge on any atom is 0.277 e. The molecule has 0 fully saturated rings. The molecule has 1 aliphatic heterocycles. The summed E-state index contributed by atoms with van der Waals surface area (Å²) in [5.41, 5.74) is 2.57. The van der Waals surface area contributed by atoms with E-state index in [1.54, 1.807) is 11.3 Å². The summed E-state index contributed by atoms with van der Waals surface area (Å²) in [6.45, 7) is 5.08. The highest BCUT2D eigenvalue weighted by atomic mass is 32.2. The molecule has 0 N–H and O–H groups in total. The van der Waals surface area contributed by atoms with Crippen LogP contribution >= 0.6 is 23.1 Å². The molecule has 2 atom stereocenters. The topological polar surface area (TPSA) is 59.2 Å². The minimum absolute atomic E-state index is 0.135. The lowest BCUT2D eigenvalue weighted by atomic mass is 9.98. The smallest absolute Gasteiger partial charge is 0.277 e. The SMILES string of the molecule is CCC1c2ccsc2CCN1C(=O)CSc1nnc(CC(C)c2ccccc2)o1. The van der Waals surface area contributed by atoms with E-state index in [-0.39, 0.29) is 11.9 Å². The van der Waals surface area contributed by atoms with E-state index in [0.717, 1.165) is 19.4 Å². The molecular formula is C22H25N3O2S2. The molecule has 2 unspecified atom stereocenters. The summed E-state index contributed by atoms with van der Waals surface area (Å²) in [5, 5.41) is 10.9. The molecule has 3 aromatic rings. The molecule has 1 amide bonds. The summed E-state index contributed by atoms with van der Waals surface area (Å²) in [6, 6.07) is 12.7. The molecule has 0 saturated heterocycles. The number of benzene rings is 1. The van der Waals surface area contributed by atoms with Crippen molar-refractivity contribution < 1.29 is 9.21 Å². The minimum Gasteiger partial charge on any atom is -0.416 e. The van der Waals surface area contributed by atoms with Crippen LogP contribution in [0.15, 0.2) is 51.4 Å². The quantitative estimate of drug-likeness (QED) is 0.491. The Kier molecular flexibility index (Phi) is 6.35. The third-order valence-electron chi connectivity index (χ3n) is 5.42. The van der Waals surface area contributed by atoms with Crippen LogP contribution in [0, 0.1) is 0 Å². The van der Waals surface area contributed by atoms with Crippen molar-refractivity contribution in [3.8, 4) is 0 Å². The van der Waals surface area contributed by atoms with Crippen LogP contribution in [0.2, 0.25) is 0 Å². The summed E-state index contributed by atoms with van der Waals surface area (Å²) >= 11 is 3.13. The van der Waals surface area contributed by atoms with E-state index >= 15 is 0 Å². The van der Waals surface area contributed by atoms with Crippen molar-refractivity contribution in [2.75, 3.05) is 12.3 Å². The number of thioether (sulfide) groups is 1. The van der Waals surface area contributed by atoms with Gasteiger partial charge in [-0.15, -0.1) is 21.5 Å². The van der Waals surface area contributed by atoms with Gasteiger partial charge >= 0.3 is 0 Å². The number of hydrogen-bond donors (Lipinski definition) is 0. The van der Waals surface area contributed by atoms with Crippen molar-refractivity contribution in [2.45, 2.75) is 50.3 Å². The number of rotatable bonds is 7. The molecule has 1 aromatic carbocycles. The van der Waals surface area contributed by atoms with E-state index in [2.05, 4.69) is 47.6 Å². The predicted molar refractivity (Wildman–Crippen MR) is 116 cm³/mol. The Bertz CT molecular complexity index is 954. The molecule has 1 aliphatic rings. The predicted octanol–water partition coefficient (Wildman–Crippen LogP) is 5.11. The van der Waals surface area contributed by atoms with Gasteiger partial charge in [0.05, 0.1) is 11.8 Å². The number of amides is 1. The molecular weight excluding hydrogens is 402 g/mol. The Morgan fingerprint density at radius 1 is 1.31 bits per heavy atom. The van der Waals surface area contributed by atoms with E-state index in [1.807, 2.05) is 23.1 Å². The lowest BCUT2D eigenvalue weighted by molar-refractivity contribution is -0.131. The van der Waals surface area contributed by atoms with Crippen molar-refractivity contribution in [3.63, 3.8) is 0 Å². The fourth-order valence-electron chi connectivity index (χ4n) is 3.88. The van der Waals surface area contributed by atoms with Gasteiger partial charge in [-0.3, -0.25) is 4.79 Å². The number of hydrogen-bond acceptors (Lipinski definition) is 6. The van der Waals surface area contributed by atoms with Gasteiger partial charge < -0.3 is 9.32 Å². The molecule has 0 bridgehead atoms. The molecule has 0 radical (unpaired) electrons. The lowest BCUT2D eigenvalue weighted by Crippen LogP contribution is -2.40. The van der Waals surface area contributed by atoms with Gasteiger partial charge in [0, 0.05) is 17.8 Å². The summed E-state index contributed by atoms with van der Waals surface area (Å²) in [4.78, 5) is 16.3. The van der Waals surface area contributed by atoms with Gasteiger partial charge in [0.2, 0.25) is 11.8 Å². The van der Waals surface area contributed by atoms with Crippen molar-refractivity contribution >= 4 is 29.0 Å². The Balaban J connectivity index is 1.33. The van der Waals surface area contributed by atoms with Crippen LogP contribution in [-0.2, 0) is 17.6 Å². The fraction of sp³-hybridized carbons (Fsp3) is 0.409. The van der Waals surface area contributed by atoms with Gasteiger partial charge in [-0.05, 0) is 41.3 Å². The van der Waals surface area contributed by atoms with Crippen LogP contribution in [0.3, 0.4) is 0 Å². The van der Waals surface area contributed by atoms with E-state index < -0.39 is 0 Å². The maximum absolute atomic E-state index is 12.9. The third-order valence-corrected chi connectivity index (χ3v) is 7.22. The summed E-state index contributed by atoms with van der Waals surface area (Å²) in [5.74, 6) is 1.38. The molecule has 0 saturated carbocycles. The average molecular weight is 428 g/mol. The highest BCUT2D eigenvalue weighted by molar-refractivity contribution is 7.99. The van der Waals surface area contributed by atoms with Crippen LogP contribution in [0.1, 0.15) is 54.1 Å². The van der Waals surface area contributed by atoms with Crippen LogP contribution < -0.4 is 0 Å². The zero-order chi connectivity index (χ0) is 20.2. The second kappa shape index (κ2) is 9.13.